The number of hydrogen-bond acceptors (Lipinski definition) is 5. The van der Waals surface area contributed by atoms with Gasteiger partial charge in [-0.3, -0.25) is 10.1 Å². The van der Waals surface area contributed by atoms with Gasteiger partial charge in [-0.15, -0.1) is 0 Å². The van der Waals surface area contributed by atoms with Crippen LogP contribution in [0.2, 0.25) is 0 Å². The average molecular weight is 282 g/mol. The maximum absolute atomic E-state index is 10.8. The number of ether oxygens (including phenoxy) is 2. The van der Waals surface area contributed by atoms with E-state index in [1.54, 1.807) is 12.1 Å². The lowest BCUT2D eigenvalue weighted by Crippen LogP contribution is -2.07. The fourth-order valence-electron chi connectivity index (χ4n) is 1.69. The third-order valence-electron chi connectivity index (χ3n) is 2.70. The van der Waals surface area contributed by atoms with Crippen LogP contribution in [0.1, 0.15) is 25.8 Å². The number of nitrogens with one attached hydrogen (secondary N) is 1. The van der Waals surface area contributed by atoms with Gasteiger partial charge in [-0.05, 0) is 19.4 Å². The highest BCUT2D eigenvalue weighted by Crippen LogP contribution is 2.23. The van der Waals surface area contributed by atoms with E-state index in [9.17, 15) is 10.1 Å². The maximum atomic E-state index is 10.8. The molecule has 0 atom stereocenters. The lowest BCUT2D eigenvalue weighted by molar-refractivity contribution is -0.384. The first-order chi connectivity index (χ1) is 9.69. The molecule has 20 heavy (non-hydrogen) atoms. The Morgan fingerprint density at radius 1 is 1.25 bits per heavy atom. The molecule has 0 saturated heterocycles. The van der Waals surface area contributed by atoms with Crippen molar-refractivity contribution in [1.29, 1.82) is 0 Å². The molecule has 0 radical (unpaired) electrons. The summed E-state index contributed by atoms with van der Waals surface area (Å²) >= 11 is 0. The summed E-state index contributed by atoms with van der Waals surface area (Å²) in [4.78, 5) is 10.4. The van der Waals surface area contributed by atoms with Crippen LogP contribution in [-0.4, -0.2) is 31.3 Å². The summed E-state index contributed by atoms with van der Waals surface area (Å²) in [5.41, 5.74) is 1.76. The highest BCUT2D eigenvalue weighted by Gasteiger charge is 2.10. The second-order valence-electron chi connectivity index (χ2n) is 4.27. The summed E-state index contributed by atoms with van der Waals surface area (Å²) in [5, 5.41) is 14.1. The summed E-state index contributed by atoms with van der Waals surface area (Å²) in [6, 6.07) is 4.79. The van der Waals surface area contributed by atoms with E-state index in [0.29, 0.717) is 26.4 Å². The van der Waals surface area contributed by atoms with Gasteiger partial charge in [0.15, 0.2) is 0 Å². The van der Waals surface area contributed by atoms with E-state index in [0.717, 1.165) is 24.2 Å². The van der Waals surface area contributed by atoms with Gasteiger partial charge in [0.1, 0.15) is 0 Å². The number of hydrogen-bond donors (Lipinski definition) is 1. The van der Waals surface area contributed by atoms with Gasteiger partial charge in [-0.25, -0.2) is 0 Å². The van der Waals surface area contributed by atoms with E-state index in [2.05, 4.69) is 12.2 Å². The fraction of sp³-hybridized carbons (Fsp3) is 0.571. The van der Waals surface area contributed by atoms with Crippen molar-refractivity contribution in [2.24, 2.45) is 0 Å². The van der Waals surface area contributed by atoms with Gasteiger partial charge >= 0.3 is 0 Å². The zero-order chi connectivity index (χ0) is 14.8. The normalized spacial score (nSPS) is 10.5. The molecule has 1 N–H and O–H groups in total. The number of nitro groups is 1. The first-order valence-electron chi connectivity index (χ1n) is 6.85. The Labute approximate surface area is 119 Å². The molecule has 0 amide bonds. The van der Waals surface area contributed by atoms with Gasteiger partial charge in [-0.2, -0.15) is 0 Å². The van der Waals surface area contributed by atoms with E-state index >= 15 is 0 Å². The largest absolute Gasteiger partial charge is 0.385 e. The van der Waals surface area contributed by atoms with Crippen LogP contribution in [0.5, 0.6) is 0 Å². The van der Waals surface area contributed by atoms with Crippen molar-refractivity contribution in [1.82, 2.24) is 0 Å². The van der Waals surface area contributed by atoms with Crippen molar-refractivity contribution < 1.29 is 14.4 Å². The van der Waals surface area contributed by atoms with Crippen molar-refractivity contribution in [3.63, 3.8) is 0 Å². The molecule has 0 aliphatic rings. The topological polar surface area (TPSA) is 73.6 Å². The summed E-state index contributed by atoms with van der Waals surface area (Å²) < 4.78 is 10.7. The summed E-state index contributed by atoms with van der Waals surface area (Å²) in [7, 11) is 0. The molecule has 1 aromatic rings. The number of anilines is 1. The molecule has 0 saturated carbocycles. The van der Waals surface area contributed by atoms with Gasteiger partial charge in [0.25, 0.3) is 5.69 Å². The molecular formula is C14H22N2O4. The minimum Gasteiger partial charge on any atom is -0.385 e. The smallest absolute Gasteiger partial charge is 0.269 e. The Bertz CT molecular complexity index is 424. The van der Waals surface area contributed by atoms with Crippen LogP contribution < -0.4 is 5.32 Å². The van der Waals surface area contributed by atoms with Crippen molar-refractivity contribution in [3.05, 3.63) is 33.9 Å². The van der Waals surface area contributed by atoms with Crippen molar-refractivity contribution in [2.75, 3.05) is 31.7 Å². The van der Waals surface area contributed by atoms with E-state index in [4.69, 9.17) is 9.47 Å². The molecule has 0 fully saturated rings. The number of nitrogens with zero attached hydrogens (tertiary/aromatic N) is 1. The number of benzene rings is 1. The molecule has 0 bridgehead atoms. The number of nitro benzene ring substituents is 1. The second-order valence-corrected chi connectivity index (χ2v) is 4.27. The summed E-state index contributed by atoms with van der Waals surface area (Å²) in [5.74, 6) is 0. The van der Waals surface area contributed by atoms with Crippen LogP contribution in [0.4, 0.5) is 11.4 Å². The second kappa shape index (κ2) is 9.28. The zero-order valence-electron chi connectivity index (χ0n) is 12.1. The Hall–Kier alpha value is -1.66. The fourth-order valence-corrected chi connectivity index (χ4v) is 1.69. The monoisotopic (exact) mass is 282 g/mol. The van der Waals surface area contributed by atoms with Crippen LogP contribution in [0.3, 0.4) is 0 Å². The number of non-ortho nitro benzene ring substituents is 1. The maximum Gasteiger partial charge on any atom is 0.269 e. The van der Waals surface area contributed by atoms with Crippen molar-refractivity contribution >= 4 is 11.4 Å². The lowest BCUT2D eigenvalue weighted by Gasteiger charge is -2.12. The molecule has 0 heterocycles. The van der Waals surface area contributed by atoms with Crippen LogP contribution >= 0.6 is 0 Å². The predicted octanol–water partition coefficient (Wildman–Crippen LogP) is 2.97. The van der Waals surface area contributed by atoms with Gasteiger partial charge in [0.05, 0.1) is 24.7 Å². The van der Waals surface area contributed by atoms with E-state index in [-0.39, 0.29) is 5.69 Å². The minimum absolute atomic E-state index is 0.0791. The first kappa shape index (κ1) is 16.4. The Kier molecular flexibility index (Phi) is 7.60. The zero-order valence-corrected chi connectivity index (χ0v) is 12.1. The van der Waals surface area contributed by atoms with Crippen LogP contribution in [-0.2, 0) is 16.1 Å². The Morgan fingerprint density at radius 3 is 2.65 bits per heavy atom. The highest BCUT2D eigenvalue weighted by atomic mass is 16.6. The molecule has 1 aromatic carbocycles. The lowest BCUT2D eigenvalue weighted by atomic mass is 10.1. The Morgan fingerprint density at radius 2 is 2.00 bits per heavy atom. The highest BCUT2D eigenvalue weighted by molar-refractivity contribution is 5.55. The van der Waals surface area contributed by atoms with Gasteiger partial charge in [0, 0.05) is 36.5 Å². The molecule has 0 aromatic heterocycles. The van der Waals surface area contributed by atoms with Crippen molar-refractivity contribution in [2.45, 2.75) is 26.9 Å². The molecule has 0 spiro atoms. The van der Waals surface area contributed by atoms with Crippen molar-refractivity contribution in [3.8, 4) is 0 Å². The molecule has 6 heteroatoms. The van der Waals surface area contributed by atoms with E-state index < -0.39 is 4.92 Å². The molecule has 6 nitrogen and oxygen atoms in total. The summed E-state index contributed by atoms with van der Waals surface area (Å²) in [6.07, 6.45) is 0.988. The third kappa shape index (κ3) is 5.54. The Balaban J connectivity index is 2.66. The molecule has 112 valence electrons. The quantitative estimate of drug-likeness (QED) is 0.406. The SMILES string of the molecule is CCCNc1ccc([N+](=O)[O-])cc1COCCOCC. The van der Waals surface area contributed by atoms with Crippen LogP contribution in [0.25, 0.3) is 0 Å². The standard InChI is InChI=1S/C14H22N2O4/c1-3-7-15-14-6-5-13(16(17)18)10-12(14)11-20-9-8-19-4-2/h5-6,10,15H,3-4,7-9,11H2,1-2H3. The first-order valence-corrected chi connectivity index (χ1v) is 6.85. The predicted molar refractivity (Wildman–Crippen MR) is 78.0 cm³/mol. The molecular weight excluding hydrogens is 260 g/mol. The van der Waals surface area contributed by atoms with Crippen LogP contribution in [0, 0.1) is 10.1 Å². The number of rotatable bonds is 10. The molecule has 0 aliphatic carbocycles. The average Bonchev–Trinajstić information content (AvgIpc) is 2.45. The van der Waals surface area contributed by atoms with Gasteiger partial charge in [0.2, 0.25) is 0 Å². The van der Waals surface area contributed by atoms with Gasteiger partial charge in [-0.1, -0.05) is 6.92 Å². The minimum atomic E-state index is -0.396. The molecule has 1 rings (SSSR count). The molecule has 0 unspecified atom stereocenters. The van der Waals surface area contributed by atoms with Gasteiger partial charge < -0.3 is 14.8 Å². The van der Waals surface area contributed by atoms with E-state index in [1.807, 2.05) is 6.92 Å². The van der Waals surface area contributed by atoms with E-state index in [1.165, 1.54) is 6.07 Å². The van der Waals surface area contributed by atoms with Crippen LogP contribution in [0.15, 0.2) is 18.2 Å². The third-order valence-corrected chi connectivity index (χ3v) is 2.70. The summed E-state index contributed by atoms with van der Waals surface area (Å²) in [6.45, 7) is 6.81. The molecule has 0 aliphatic heterocycles.